The molecule has 0 spiro atoms. The highest BCUT2D eigenvalue weighted by molar-refractivity contribution is 5.98. The Balaban J connectivity index is 3.07. The first-order valence-electron chi connectivity index (χ1n) is 5.20. The lowest BCUT2D eigenvalue weighted by molar-refractivity contribution is -0.137. The molecule has 0 saturated carbocycles. The van der Waals surface area contributed by atoms with Gasteiger partial charge in [0.05, 0.1) is 12.2 Å². The summed E-state index contributed by atoms with van der Waals surface area (Å²) in [5.74, 6) is -1.79. The lowest BCUT2D eigenvalue weighted by Gasteiger charge is -2.00. The first-order valence-corrected chi connectivity index (χ1v) is 5.20. The Hall–Kier alpha value is -2.61. The van der Waals surface area contributed by atoms with E-state index in [2.05, 4.69) is 0 Å². The van der Waals surface area contributed by atoms with Crippen molar-refractivity contribution in [1.82, 2.24) is 0 Å². The fourth-order valence-electron chi connectivity index (χ4n) is 1.27. The number of esters is 1. The number of aromatic carboxylic acids is 1. The molecule has 0 amide bonds. The lowest BCUT2D eigenvalue weighted by atomic mass is 10.1. The summed E-state index contributed by atoms with van der Waals surface area (Å²) in [4.78, 5) is 22.1. The van der Waals surface area contributed by atoms with Gasteiger partial charge in [0.15, 0.2) is 0 Å². The van der Waals surface area contributed by atoms with Gasteiger partial charge in [0, 0.05) is 0 Å². The van der Waals surface area contributed by atoms with Crippen LogP contribution in [0.5, 0.6) is 0 Å². The number of nitriles is 1. The Labute approximate surface area is 104 Å². The molecule has 0 saturated heterocycles. The molecule has 0 atom stereocenters. The third kappa shape index (κ3) is 3.46. The van der Waals surface area contributed by atoms with E-state index in [9.17, 15) is 9.59 Å². The summed E-state index contributed by atoms with van der Waals surface area (Å²) in [5, 5.41) is 17.6. The summed E-state index contributed by atoms with van der Waals surface area (Å²) in [6, 6.07) is 7.66. The van der Waals surface area contributed by atoms with E-state index in [1.165, 1.54) is 24.3 Å². The Morgan fingerprint density at radius 1 is 1.50 bits per heavy atom. The van der Waals surface area contributed by atoms with Gasteiger partial charge in [-0.3, -0.25) is 0 Å². The maximum absolute atomic E-state index is 11.4. The van der Waals surface area contributed by atoms with Crippen LogP contribution in [0.2, 0.25) is 0 Å². The van der Waals surface area contributed by atoms with Crippen LogP contribution in [0, 0.1) is 11.3 Å². The van der Waals surface area contributed by atoms with Crippen LogP contribution < -0.4 is 0 Å². The van der Waals surface area contributed by atoms with E-state index in [1.807, 2.05) is 0 Å². The molecule has 0 heterocycles. The highest BCUT2D eigenvalue weighted by Crippen LogP contribution is 2.11. The van der Waals surface area contributed by atoms with Crippen molar-refractivity contribution in [3.8, 4) is 6.07 Å². The van der Waals surface area contributed by atoms with Crippen LogP contribution in [-0.4, -0.2) is 23.7 Å². The Kier molecular flexibility index (Phi) is 4.64. The number of hydrogen-bond acceptors (Lipinski definition) is 4. The number of rotatable bonds is 4. The van der Waals surface area contributed by atoms with Crippen molar-refractivity contribution in [3.05, 3.63) is 41.0 Å². The highest BCUT2D eigenvalue weighted by atomic mass is 16.5. The largest absolute Gasteiger partial charge is 0.478 e. The normalized spacial score (nSPS) is 10.6. The van der Waals surface area contributed by atoms with Gasteiger partial charge in [-0.15, -0.1) is 0 Å². The number of nitrogens with zero attached hydrogens (tertiary/aromatic N) is 1. The molecule has 0 aliphatic heterocycles. The van der Waals surface area contributed by atoms with Crippen molar-refractivity contribution in [1.29, 1.82) is 5.26 Å². The third-order valence-corrected chi connectivity index (χ3v) is 2.06. The quantitative estimate of drug-likeness (QED) is 0.497. The Bertz CT molecular complexity index is 540. The van der Waals surface area contributed by atoms with Crippen molar-refractivity contribution in [2.24, 2.45) is 0 Å². The van der Waals surface area contributed by atoms with Crippen LogP contribution in [0.4, 0.5) is 0 Å². The third-order valence-electron chi connectivity index (χ3n) is 2.06. The number of carbonyl (C=O) groups is 2. The molecule has 0 radical (unpaired) electrons. The molecule has 0 aliphatic rings. The van der Waals surface area contributed by atoms with E-state index in [0.717, 1.165) is 0 Å². The molecular formula is C13H11NO4. The predicted octanol–water partition coefficient (Wildman–Crippen LogP) is 1.85. The van der Waals surface area contributed by atoms with Gasteiger partial charge in [-0.1, -0.05) is 12.1 Å². The molecule has 1 rings (SSSR count). The van der Waals surface area contributed by atoms with Gasteiger partial charge >= 0.3 is 11.9 Å². The van der Waals surface area contributed by atoms with Gasteiger partial charge < -0.3 is 9.84 Å². The fourth-order valence-corrected chi connectivity index (χ4v) is 1.27. The number of carboxylic acids is 1. The molecule has 5 nitrogen and oxygen atoms in total. The molecule has 0 aliphatic carbocycles. The maximum Gasteiger partial charge on any atom is 0.348 e. The highest BCUT2D eigenvalue weighted by Gasteiger charge is 2.10. The van der Waals surface area contributed by atoms with Crippen LogP contribution in [0.1, 0.15) is 22.8 Å². The number of carbonyl (C=O) groups excluding carboxylic acids is 1. The van der Waals surface area contributed by atoms with Crippen LogP contribution in [0.15, 0.2) is 29.8 Å². The van der Waals surface area contributed by atoms with Gasteiger partial charge in [0.1, 0.15) is 11.6 Å². The van der Waals surface area contributed by atoms with E-state index >= 15 is 0 Å². The zero-order valence-corrected chi connectivity index (χ0v) is 9.71. The topological polar surface area (TPSA) is 87.4 Å². The predicted molar refractivity (Wildman–Crippen MR) is 63.6 cm³/mol. The summed E-state index contributed by atoms with van der Waals surface area (Å²) in [6.07, 6.45) is 1.30. The minimum Gasteiger partial charge on any atom is -0.478 e. The summed E-state index contributed by atoms with van der Waals surface area (Å²) < 4.78 is 4.70. The van der Waals surface area contributed by atoms with Crippen molar-refractivity contribution in [2.45, 2.75) is 6.92 Å². The van der Waals surface area contributed by atoms with Gasteiger partial charge in [0.2, 0.25) is 0 Å². The van der Waals surface area contributed by atoms with Crippen molar-refractivity contribution < 1.29 is 19.4 Å². The summed E-state index contributed by atoms with van der Waals surface area (Å²) in [5.41, 5.74) is 0.379. The van der Waals surface area contributed by atoms with E-state index in [-0.39, 0.29) is 17.7 Å². The second-order valence-corrected chi connectivity index (χ2v) is 3.32. The van der Waals surface area contributed by atoms with E-state index in [4.69, 9.17) is 15.1 Å². The first-order chi connectivity index (χ1) is 8.58. The van der Waals surface area contributed by atoms with Crippen molar-refractivity contribution in [2.75, 3.05) is 6.61 Å². The maximum atomic E-state index is 11.4. The van der Waals surface area contributed by atoms with Crippen molar-refractivity contribution in [3.63, 3.8) is 0 Å². The fraction of sp³-hybridized carbons (Fsp3) is 0.154. The number of ether oxygens (including phenoxy) is 1. The standard InChI is InChI=1S/C13H11NO4/c1-2-18-13(17)11(8-14)7-9-4-3-5-10(6-9)12(15)16/h3-7H,2H2,1H3,(H,15,16)/b11-7+. The summed E-state index contributed by atoms with van der Waals surface area (Å²) >= 11 is 0. The molecule has 1 N–H and O–H groups in total. The smallest absolute Gasteiger partial charge is 0.348 e. The van der Waals surface area contributed by atoms with Gasteiger partial charge in [0.25, 0.3) is 0 Å². The molecule has 1 aromatic rings. The number of benzene rings is 1. The average Bonchev–Trinajstić information content (AvgIpc) is 2.36. The molecule has 0 bridgehead atoms. The molecule has 5 heteroatoms. The van der Waals surface area contributed by atoms with Gasteiger partial charge in [-0.05, 0) is 30.7 Å². The van der Waals surface area contributed by atoms with Gasteiger partial charge in [-0.25, -0.2) is 9.59 Å². The summed E-state index contributed by atoms with van der Waals surface area (Å²) in [7, 11) is 0. The molecule has 92 valence electrons. The van der Waals surface area contributed by atoms with E-state index in [0.29, 0.717) is 5.56 Å². The zero-order valence-electron chi connectivity index (χ0n) is 9.71. The molecule has 1 aromatic carbocycles. The first kappa shape index (κ1) is 13.5. The second-order valence-electron chi connectivity index (χ2n) is 3.32. The zero-order chi connectivity index (χ0) is 13.5. The molecule has 0 unspecified atom stereocenters. The Morgan fingerprint density at radius 3 is 2.78 bits per heavy atom. The van der Waals surface area contributed by atoms with Crippen LogP contribution in [0.25, 0.3) is 6.08 Å². The number of hydrogen-bond donors (Lipinski definition) is 1. The van der Waals surface area contributed by atoms with Crippen LogP contribution >= 0.6 is 0 Å². The average molecular weight is 245 g/mol. The molecular weight excluding hydrogens is 234 g/mol. The van der Waals surface area contributed by atoms with Crippen molar-refractivity contribution >= 4 is 18.0 Å². The Morgan fingerprint density at radius 2 is 2.22 bits per heavy atom. The van der Waals surface area contributed by atoms with Crippen LogP contribution in [-0.2, 0) is 9.53 Å². The van der Waals surface area contributed by atoms with Crippen LogP contribution in [0.3, 0.4) is 0 Å². The monoisotopic (exact) mass is 245 g/mol. The SMILES string of the molecule is CCOC(=O)/C(C#N)=C/c1cccc(C(=O)O)c1. The molecule has 18 heavy (non-hydrogen) atoms. The second kappa shape index (κ2) is 6.21. The summed E-state index contributed by atoms with van der Waals surface area (Å²) in [6.45, 7) is 1.81. The van der Waals surface area contributed by atoms with E-state index < -0.39 is 11.9 Å². The minimum atomic E-state index is -1.07. The lowest BCUT2D eigenvalue weighted by Crippen LogP contribution is -2.06. The molecule has 0 aromatic heterocycles. The molecule has 0 fully saturated rings. The number of carboxylic acid groups (broad SMARTS) is 1. The van der Waals surface area contributed by atoms with Gasteiger partial charge in [-0.2, -0.15) is 5.26 Å². The minimum absolute atomic E-state index is 0.0879. The van der Waals surface area contributed by atoms with E-state index in [1.54, 1.807) is 19.1 Å².